The third-order valence-corrected chi connectivity index (χ3v) is 3.16. The van der Waals surface area contributed by atoms with E-state index in [4.69, 9.17) is 4.74 Å². The number of rotatable bonds is 2. The molecule has 0 unspecified atom stereocenters. The van der Waals surface area contributed by atoms with Crippen molar-refractivity contribution < 1.29 is 14.3 Å². The fraction of sp³-hybridized carbons (Fsp3) is 0.154. The van der Waals surface area contributed by atoms with Crippen LogP contribution in [0.2, 0.25) is 0 Å². The van der Waals surface area contributed by atoms with Crippen LogP contribution < -0.4 is 20.9 Å². The molecule has 0 bridgehead atoms. The topological polar surface area (TPSA) is 92.3 Å². The van der Waals surface area contributed by atoms with Gasteiger partial charge in [-0.3, -0.25) is 20.4 Å². The molecule has 2 amide bonds. The molecule has 1 aliphatic heterocycles. The van der Waals surface area contributed by atoms with Crippen molar-refractivity contribution in [3.63, 3.8) is 0 Å². The molecule has 3 rings (SSSR count). The fourth-order valence-corrected chi connectivity index (χ4v) is 2.21. The molecular formula is C13H12N4O3. The first-order chi connectivity index (χ1) is 9.65. The Bertz CT molecular complexity index is 742. The SMILES string of the molecule is CNC(=O)c1cc2c3c(ccc(OC)c3n1)C(=O)NN2. The second kappa shape index (κ2) is 4.37. The van der Waals surface area contributed by atoms with Gasteiger partial charge < -0.3 is 10.1 Å². The van der Waals surface area contributed by atoms with E-state index in [9.17, 15) is 9.59 Å². The molecule has 1 aromatic heterocycles. The van der Waals surface area contributed by atoms with Crippen molar-refractivity contribution >= 4 is 28.4 Å². The van der Waals surface area contributed by atoms with Gasteiger partial charge in [0, 0.05) is 12.4 Å². The number of anilines is 1. The van der Waals surface area contributed by atoms with Gasteiger partial charge in [-0.25, -0.2) is 4.98 Å². The number of carbonyl (C=O) groups excluding carboxylic acids is 2. The van der Waals surface area contributed by atoms with E-state index in [1.807, 2.05) is 0 Å². The Balaban J connectivity index is 2.38. The smallest absolute Gasteiger partial charge is 0.270 e. The lowest BCUT2D eigenvalue weighted by molar-refractivity contribution is 0.0954. The Labute approximate surface area is 114 Å². The highest BCUT2D eigenvalue weighted by Gasteiger charge is 2.23. The van der Waals surface area contributed by atoms with Crippen molar-refractivity contribution in [2.45, 2.75) is 0 Å². The molecule has 7 heteroatoms. The molecule has 102 valence electrons. The van der Waals surface area contributed by atoms with E-state index in [1.54, 1.807) is 18.2 Å². The zero-order chi connectivity index (χ0) is 14.3. The number of amides is 2. The van der Waals surface area contributed by atoms with Crippen LogP contribution >= 0.6 is 0 Å². The van der Waals surface area contributed by atoms with Gasteiger partial charge >= 0.3 is 0 Å². The fourth-order valence-electron chi connectivity index (χ4n) is 2.21. The second-order valence-corrected chi connectivity index (χ2v) is 4.25. The summed E-state index contributed by atoms with van der Waals surface area (Å²) in [6, 6.07) is 4.92. The van der Waals surface area contributed by atoms with Crippen LogP contribution in [0.1, 0.15) is 20.8 Å². The zero-order valence-electron chi connectivity index (χ0n) is 10.9. The summed E-state index contributed by atoms with van der Waals surface area (Å²) in [7, 11) is 3.05. The lowest BCUT2D eigenvalue weighted by Crippen LogP contribution is -2.33. The van der Waals surface area contributed by atoms with Crippen LogP contribution in [0.5, 0.6) is 5.75 Å². The molecule has 1 aromatic carbocycles. The van der Waals surface area contributed by atoms with E-state index < -0.39 is 0 Å². The Morgan fingerprint density at radius 3 is 2.85 bits per heavy atom. The quantitative estimate of drug-likeness (QED) is 0.747. The van der Waals surface area contributed by atoms with Crippen molar-refractivity contribution in [2.24, 2.45) is 0 Å². The summed E-state index contributed by atoms with van der Waals surface area (Å²) in [6.07, 6.45) is 0. The molecule has 0 aliphatic carbocycles. The Morgan fingerprint density at radius 1 is 1.35 bits per heavy atom. The number of hydrogen-bond donors (Lipinski definition) is 3. The average Bonchev–Trinajstić information content (AvgIpc) is 2.49. The second-order valence-electron chi connectivity index (χ2n) is 4.25. The van der Waals surface area contributed by atoms with Gasteiger partial charge in [0.2, 0.25) is 0 Å². The van der Waals surface area contributed by atoms with Crippen LogP contribution in [0.3, 0.4) is 0 Å². The van der Waals surface area contributed by atoms with Gasteiger partial charge in [0.15, 0.2) is 0 Å². The predicted molar refractivity (Wildman–Crippen MR) is 72.8 cm³/mol. The van der Waals surface area contributed by atoms with Crippen molar-refractivity contribution in [2.75, 3.05) is 19.6 Å². The van der Waals surface area contributed by atoms with Gasteiger partial charge in [-0.15, -0.1) is 0 Å². The number of ether oxygens (including phenoxy) is 1. The van der Waals surface area contributed by atoms with Gasteiger partial charge in [-0.05, 0) is 18.2 Å². The first kappa shape index (κ1) is 12.2. The molecule has 0 fully saturated rings. The average molecular weight is 272 g/mol. The third-order valence-electron chi connectivity index (χ3n) is 3.16. The van der Waals surface area contributed by atoms with E-state index in [0.29, 0.717) is 27.9 Å². The molecule has 0 saturated carbocycles. The van der Waals surface area contributed by atoms with Crippen LogP contribution in [0.15, 0.2) is 18.2 Å². The summed E-state index contributed by atoms with van der Waals surface area (Å²) in [6.45, 7) is 0. The molecular weight excluding hydrogens is 260 g/mol. The van der Waals surface area contributed by atoms with Crippen LogP contribution in [-0.4, -0.2) is 31.0 Å². The van der Waals surface area contributed by atoms with Crippen molar-refractivity contribution in [3.8, 4) is 5.75 Å². The predicted octanol–water partition coefficient (Wildman–Crippen LogP) is 0.673. The minimum absolute atomic E-state index is 0.245. The van der Waals surface area contributed by atoms with E-state index in [2.05, 4.69) is 21.2 Å². The summed E-state index contributed by atoms with van der Waals surface area (Å²) >= 11 is 0. The first-order valence-corrected chi connectivity index (χ1v) is 5.96. The van der Waals surface area contributed by atoms with Crippen LogP contribution in [0.4, 0.5) is 5.69 Å². The number of nitrogens with zero attached hydrogens (tertiary/aromatic N) is 1. The van der Waals surface area contributed by atoms with Crippen LogP contribution in [-0.2, 0) is 0 Å². The third kappa shape index (κ3) is 1.63. The molecule has 1 aliphatic rings. The van der Waals surface area contributed by atoms with E-state index in [1.165, 1.54) is 14.2 Å². The summed E-state index contributed by atoms with van der Waals surface area (Å²) in [5.74, 6) is -0.0544. The molecule has 2 aromatic rings. The zero-order valence-corrected chi connectivity index (χ0v) is 10.9. The number of carbonyl (C=O) groups is 2. The number of benzene rings is 1. The summed E-state index contributed by atoms with van der Waals surface area (Å²) in [5.41, 5.74) is 7.13. The molecule has 3 N–H and O–H groups in total. The number of pyridine rings is 1. The van der Waals surface area contributed by atoms with E-state index in [-0.39, 0.29) is 17.5 Å². The molecule has 2 heterocycles. The molecule has 0 spiro atoms. The Kier molecular flexibility index (Phi) is 2.67. The highest BCUT2D eigenvalue weighted by molar-refractivity contribution is 6.15. The molecule has 20 heavy (non-hydrogen) atoms. The van der Waals surface area contributed by atoms with E-state index >= 15 is 0 Å². The Morgan fingerprint density at radius 2 is 2.15 bits per heavy atom. The number of methoxy groups -OCH3 is 1. The van der Waals surface area contributed by atoms with Gasteiger partial charge in [0.25, 0.3) is 11.8 Å². The number of nitrogens with one attached hydrogen (secondary N) is 3. The lowest BCUT2D eigenvalue weighted by Gasteiger charge is -2.20. The normalized spacial score (nSPS) is 12.6. The Hall–Kier alpha value is -2.83. The van der Waals surface area contributed by atoms with Gasteiger partial charge in [0.1, 0.15) is 17.0 Å². The van der Waals surface area contributed by atoms with Crippen molar-refractivity contribution in [3.05, 3.63) is 29.5 Å². The van der Waals surface area contributed by atoms with Crippen molar-refractivity contribution in [1.29, 1.82) is 0 Å². The monoisotopic (exact) mass is 272 g/mol. The molecule has 0 radical (unpaired) electrons. The minimum Gasteiger partial charge on any atom is -0.494 e. The number of hydrazine groups is 1. The van der Waals surface area contributed by atoms with Crippen LogP contribution in [0, 0.1) is 0 Å². The highest BCUT2D eigenvalue weighted by atomic mass is 16.5. The number of aromatic nitrogens is 1. The molecule has 0 saturated heterocycles. The van der Waals surface area contributed by atoms with Gasteiger partial charge in [-0.2, -0.15) is 0 Å². The van der Waals surface area contributed by atoms with Gasteiger partial charge in [0.05, 0.1) is 18.4 Å². The maximum Gasteiger partial charge on any atom is 0.270 e. The summed E-state index contributed by atoms with van der Waals surface area (Å²) < 4.78 is 5.26. The summed E-state index contributed by atoms with van der Waals surface area (Å²) in [5, 5.41) is 3.16. The van der Waals surface area contributed by atoms with Gasteiger partial charge in [-0.1, -0.05) is 0 Å². The standard InChI is InChI=1S/C13H12N4O3/c1-14-13(19)8-5-7-10-6(12(18)17-16-7)3-4-9(20-2)11(10)15-8/h3-5,16H,1-2H3,(H,14,19)(H,17,18). The van der Waals surface area contributed by atoms with E-state index in [0.717, 1.165) is 0 Å². The molecule has 7 nitrogen and oxygen atoms in total. The van der Waals surface area contributed by atoms with Crippen LogP contribution in [0.25, 0.3) is 10.9 Å². The first-order valence-electron chi connectivity index (χ1n) is 5.96. The highest BCUT2D eigenvalue weighted by Crippen LogP contribution is 2.34. The number of hydrogen-bond acceptors (Lipinski definition) is 5. The minimum atomic E-state index is -0.311. The maximum atomic E-state index is 11.8. The maximum absolute atomic E-state index is 11.8. The largest absolute Gasteiger partial charge is 0.494 e. The lowest BCUT2D eigenvalue weighted by atomic mass is 10.0. The summed E-state index contributed by atoms with van der Waals surface area (Å²) in [4.78, 5) is 27.9. The molecule has 0 atom stereocenters. The van der Waals surface area contributed by atoms with Crippen molar-refractivity contribution in [1.82, 2.24) is 15.7 Å².